The van der Waals surface area contributed by atoms with Gasteiger partial charge in [0.15, 0.2) is 0 Å². The lowest BCUT2D eigenvalue weighted by molar-refractivity contribution is -0.124. The van der Waals surface area contributed by atoms with Crippen molar-refractivity contribution in [3.63, 3.8) is 0 Å². The van der Waals surface area contributed by atoms with Crippen LogP contribution in [0, 0.1) is 5.92 Å². The molecule has 0 aromatic carbocycles. The van der Waals surface area contributed by atoms with Gasteiger partial charge in [0.2, 0.25) is 5.91 Å². The molecule has 1 fully saturated rings. The predicted octanol–water partition coefficient (Wildman–Crippen LogP) is 1.04. The molecule has 16 heavy (non-hydrogen) atoms. The largest absolute Gasteiger partial charge is 0.453 e. The Hall–Kier alpha value is -1.26. The number of rotatable bonds is 3. The summed E-state index contributed by atoms with van der Waals surface area (Å²) in [7, 11) is 2.88. The molecule has 1 aliphatic rings. The van der Waals surface area contributed by atoms with Gasteiger partial charge in [0.25, 0.3) is 0 Å². The second-order valence-electron chi connectivity index (χ2n) is 4.13. The third-order valence-electron chi connectivity index (χ3n) is 3.11. The molecule has 0 heterocycles. The van der Waals surface area contributed by atoms with Crippen molar-refractivity contribution in [2.24, 2.45) is 5.92 Å². The maximum atomic E-state index is 11.7. The van der Waals surface area contributed by atoms with E-state index in [1.165, 1.54) is 13.5 Å². The second kappa shape index (κ2) is 6.35. The van der Waals surface area contributed by atoms with Crippen LogP contribution >= 0.6 is 0 Å². The fourth-order valence-corrected chi connectivity index (χ4v) is 2.21. The van der Waals surface area contributed by atoms with Crippen LogP contribution in [-0.2, 0) is 9.53 Å². The zero-order valence-corrected chi connectivity index (χ0v) is 9.91. The number of amides is 2. The van der Waals surface area contributed by atoms with Crippen molar-refractivity contribution in [2.75, 3.05) is 14.2 Å². The molecule has 0 aromatic rings. The number of likely N-dealkylation sites (N-methyl/N-ethyl adjacent to an activating group) is 1. The van der Waals surface area contributed by atoms with E-state index in [0.29, 0.717) is 0 Å². The third-order valence-corrected chi connectivity index (χ3v) is 3.11. The third kappa shape index (κ3) is 3.40. The number of nitrogens with one attached hydrogen (secondary N) is 2. The first-order valence-corrected chi connectivity index (χ1v) is 5.75. The summed E-state index contributed by atoms with van der Waals surface area (Å²) in [6, 6.07) is -0.460. The Morgan fingerprint density at radius 2 is 1.88 bits per heavy atom. The Bertz CT molecular complexity index is 250. The Morgan fingerprint density at radius 1 is 1.25 bits per heavy atom. The number of methoxy groups -OCH3 is 1. The van der Waals surface area contributed by atoms with Crippen molar-refractivity contribution in [1.82, 2.24) is 10.6 Å². The Kier molecular flexibility index (Phi) is 5.08. The van der Waals surface area contributed by atoms with Crippen LogP contribution in [0.15, 0.2) is 0 Å². The molecular weight excluding hydrogens is 208 g/mol. The van der Waals surface area contributed by atoms with Crippen LogP contribution in [0.2, 0.25) is 0 Å². The van der Waals surface area contributed by atoms with Crippen molar-refractivity contribution < 1.29 is 14.3 Å². The maximum Gasteiger partial charge on any atom is 0.407 e. The molecule has 2 amide bonds. The van der Waals surface area contributed by atoms with Crippen molar-refractivity contribution in [3.05, 3.63) is 0 Å². The van der Waals surface area contributed by atoms with E-state index >= 15 is 0 Å². The summed E-state index contributed by atoms with van der Waals surface area (Å²) in [5.74, 6) is 0.0881. The van der Waals surface area contributed by atoms with E-state index < -0.39 is 12.1 Å². The molecule has 0 aromatic heterocycles. The van der Waals surface area contributed by atoms with Gasteiger partial charge >= 0.3 is 6.09 Å². The van der Waals surface area contributed by atoms with Crippen LogP contribution in [0.3, 0.4) is 0 Å². The first kappa shape index (κ1) is 12.8. The SMILES string of the molecule is CNC(=O)C(NC(=O)OC)C1CCCCC1. The molecular formula is C11H20N2O3. The fraction of sp³-hybridized carbons (Fsp3) is 0.818. The molecule has 1 aliphatic carbocycles. The summed E-state index contributed by atoms with van der Waals surface area (Å²) in [6.07, 6.45) is 4.90. The summed E-state index contributed by atoms with van der Waals surface area (Å²) in [6.45, 7) is 0. The average molecular weight is 228 g/mol. The number of alkyl carbamates (subject to hydrolysis) is 1. The van der Waals surface area contributed by atoms with Gasteiger partial charge in [0.05, 0.1) is 7.11 Å². The van der Waals surface area contributed by atoms with Gasteiger partial charge in [-0.2, -0.15) is 0 Å². The van der Waals surface area contributed by atoms with E-state index in [1.807, 2.05) is 0 Å². The molecule has 0 bridgehead atoms. The first-order valence-electron chi connectivity index (χ1n) is 5.75. The van der Waals surface area contributed by atoms with Crippen LogP contribution in [0.4, 0.5) is 4.79 Å². The van der Waals surface area contributed by atoms with Crippen molar-refractivity contribution in [2.45, 2.75) is 38.1 Å². The maximum absolute atomic E-state index is 11.7. The van der Waals surface area contributed by atoms with E-state index in [1.54, 1.807) is 7.05 Å². The van der Waals surface area contributed by atoms with Gasteiger partial charge in [0, 0.05) is 7.05 Å². The highest BCUT2D eigenvalue weighted by atomic mass is 16.5. The minimum Gasteiger partial charge on any atom is -0.453 e. The van der Waals surface area contributed by atoms with Gasteiger partial charge in [-0.15, -0.1) is 0 Å². The topological polar surface area (TPSA) is 67.4 Å². The Balaban J connectivity index is 2.61. The van der Waals surface area contributed by atoms with Crippen molar-refractivity contribution in [1.29, 1.82) is 0 Å². The Labute approximate surface area is 95.9 Å². The molecule has 1 unspecified atom stereocenters. The minimum absolute atomic E-state index is 0.141. The molecule has 0 radical (unpaired) electrons. The fourth-order valence-electron chi connectivity index (χ4n) is 2.21. The number of carbonyl (C=O) groups is 2. The molecule has 0 spiro atoms. The summed E-state index contributed by atoms with van der Waals surface area (Å²) in [5.41, 5.74) is 0. The molecule has 1 rings (SSSR count). The predicted molar refractivity (Wildman–Crippen MR) is 60.0 cm³/mol. The van der Waals surface area contributed by atoms with E-state index in [0.717, 1.165) is 25.7 Å². The van der Waals surface area contributed by atoms with Crippen LogP contribution in [0.1, 0.15) is 32.1 Å². The van der Waals surface area contributed by atoms with Crippen LogP contribution in [0.25, 0.3) is 0 Å². The summed E-state index contributed by atoms with van der Waals surface area (Å²) < 4.78 is 4.54. The second-order valence-corrected chi connectivity index (χ2v) is 4.13. The number of ether oxygens (including phenoxy) is 1. The van der Waals surface area contributed by atoms with E-state index in [2.05, 4.69) is 15.4 Å². The standard InChI is InChI=1S/C11H20N2O3/c1-12-10(14)9(13-11(15)16-2)8-6-4-3-5-7-8/h8-9H,3-7H2,1-2H3,(H,12,14)(H,13,15). The van der Waals surface area contributed by atoms with Crippen molar-refractivity contribution in [3.8, 4) is 0 Å². The zero-order valence-electron chi connectivity index (χ0n) is 9.91. The number of hydrogen-bond acceptors (Lipinski definition) is 3. The number of carbonyl (C=O) groups excluding carboxylic acids is 2. The van der Waals surface area contributed by atoms with E-state index in [-0.39, 0.29) is 11.8 Å². The zero-order chi connectivity index (χ0) is 12.0. The molecule has 0 saturated heterocycles. The van der Waals surface area contributed by atoms with Gasteiger partial charge < -0.3 is 15.4 Å². The lowest BCUT2D eigenvalue weighted by atomic mass is 9.83. The Morgan fingerprint density at radius 3 is 2.38 bits per heavy atom. The molecule has 5 heteroatoms. The minimum atomic E-state index is -0.542. The van der Waals surface area contributed by atoms with Crippen molar-refractivity contribution >= 4 is 12.0 Å². The highest BCUT2D eigenvalue weighted by Gasteiger charge is 2.30. The van der Waals surface area contributed by atoms with Gasteiger partial charge in [-0.25, -0.2) is 4.79 Å². The summed E-state index contributed by atoms with van der Waals surface area (Å²) >= 11 is 0. The molecule has 1 saturated carbocycles. The molecule has 0 aliphatic heterocycles. The van der Waals surface area contributed by atoms with Gasteiger partial charge in [-0.1, -0.05) is 19.3 Å². The smallest absolute Gasteiger partial charge is 0.407 e. The normalized spacial score (nSPS) is 18.6. The van der Waals surface area contributed by atoms with Gasteiger partial charge in [-0.05, 0) is 18.8 Å². The summed E-state index contributed by atoms with van der Waals surface area (Å²) in [5, 5.41) is 5.20. The van der Waals surface area contributed by atoms with Gasteiger partial charge in [-0.3, -0.25) is 4.79 Å². The molecule has 2 N–H and O–H groups in total. The first-order chi connectivity index (χ1) is 7.69. The quantitative estimate of drug-likeness (QED) is 0.758. The number of hydrogen-bond donors (Lipinski definition) is 2. The van der Waals surface area contributed by atoms with Crippen LogP contribution in [-0.4, -0.2) is 32.2 Å². The van der Waals surface area contributed by atoms with Crippen LogP contribution < -0.4 is 10.6 Å². The lowest BCUT2D eigenvalue weighted by Gasteiger charge is -2.29. The van der Waals surface area contributed by atoms with Gasteiger partial charge in [0.1, 0.15) is 6.04 Å². The molecule has 5 nitrogen and oxygen atoms in total. The highest BCUT2D eigenvalue weighted by Crippen LogP contribution is 2.26. The highest BCUT2D eigenvalue weighted by molar-refractivity contribution is 5.85. The lowest BCUT2D eigenvalue weighted by Crippen LogP contribution is -2.50. The van der Waals surface area contributed by atoms with Crippen LogP contribution in [0.5, 0.6) is 0 Å². The monoisotopic (exact) mass is 228 g/mol. The molecule has 1 atom stereocenters. The summed E-state index contributed by atoms with van der Waals surface area (Å²) in [4.78, 5) is 22.9. The average Bonchev–Trinajstić information content (AvgIpc) is 2.35. The van der Waals surface area contributed by atoms with E-state index in [9.17, 15) is 9.59 Å². The molecule has 92 valence electrons. The van der Waals surface area contributed by atoms with E-state index in [4.69, 9.17) is 0 Å².